The van der Waals surface area contributed by atoms with Crippen LogP contribution in [0.3, 0.4) is 0 Å². The van der Waals surface area contributed by atoms with E-state index in [1.807, 2.05) is 0 Å². The first-order valence-corrected chi connectivity index (χ1v) is 14.1. The van der Waals surface area contributed by atoms with E-state index in [1.54, 1.807) is 6.92 Å². The van der Waals surface area contributed by atoms with Crippen molar-refractivity contribution >= 4 is 13.9 Å². The standard InChI is InChI=1S/C20H25F6N5O2Si/c1-13-10-30-17(32)15(14-9-27-29(11-14)6-5-19(21,22)23)16(20(24,25)26)28-18(30)31(13)12-33-7-8-34(2,3)4/h9-11H,5-8,12H2,1-4H3. The second-order valence-corrected chi connectivity index (χ2v) is 14.8. The molecule has 0 atom stereocenters. The normalized spacial score (nSPS) is 13.2. The molecule has 14 heteroatoms. The van der Waals surface area contributed by atoms with Crippen molar-refractivity contribution in [2.75, 3.05) is 6.61 Å². The highest BCUT2D eigenvalue weighted by Gasteiger charge is 2.39. The summed E-state index contributed by atoms with van der Waals surface area (Å²) in [5.41, 5.74) is -3.02. The quantitative estimate of drug-likeness (QED) is 0.245. The molecule has 3 aromatic heterocycles. The highest BCUT2D eigenvalue weighted by Crippen LogP contribution is 2.34. The van der Waals surface area contributed by atoms with Crippen LogP contribution in [0.1, 0.15) is 17.8 Å². The highest BCUT2D eigenvalue weighted by atomic mass is 28.3. The van der Waals surface area contributed by atoms with Gasteiger partial charge in [-0.2, -0.15) is 31.4 Å². The lowest BCUT2D eigenvalue weighted by molar-refractivity contribution is -0.140. The lowest BCUT2D eigenvalue weighted by atomic mass is 10.1. The Morgan fingerprint density at radius 3 is 2.35 bits per heavy atom. The van der Waals surface area contributed by atoms with Crippen LogP contribution in [0.4, 0.5) is 26.3 Å². The SMILES string of the molecule is Cc1cn2c(=O)c(-c3cnn(CCC(F)(F)F)c3)c(C(F)(F)F)nc2n1COCC[Si](C)(C)C. The smallest absolute Gasteiger partial charge is 0.361 e. The molecule has 3 heterocycles. The van der Waals surface area contributed by atoms with Crippen molar-refractivity contribution in [2.45, 2.75) is 64.7 Å². The summed E-state index contributed by atoms with van der Waals surface area (Å²) < 4.78 is 88.0. The summed E-state index contributed by atoms with van der Waals surface area (Å²) in [5, 5.41) is 3.68. The molecule has 0 fully saturated rings. The van der Waals surface area contributed by atoms with E-state index in [0.717, 1.165) is 27.5 Å². The Bertz CT molecular complexity index is 1220. The van der Waals surface area contributed by atoms with Gasteiger partial charge in [0.25, 0.3) is 5.56 Å². The number of nitrogens with zero attached hydrogens (tertiary/aromatic N) is 5. The number of ether oxygens (including phenoxy) is 1. The number of hydrogen-bond donors (Lipinski definition) is 0. The van der Waals surface area contributed by atoms with Gasteiger partial charge in [0, 0.05) is 44.9 Å². The molecule has 0 N–H and O–H groups in total. The lowest BCUT2D eigenvalue weighted by Gasteiger charge is -2.16. The molecule has 0 unspecified atom stereocenters. The van der Waals surface area contributed by atoms with Crippen LogP contribution in [0.5, 0.6) is 0 Å². The Labute approximate surface area is 192 Å². The summed E-state index contributed by atoms with van der Waals surface area (Å²) >= 11 is 0. The Kier molecular flexibility index (Phi) is 7.04. The van der Waals surface area contributed by atoms with E-state index in [-0.39, 0.29) is 18.1 Å². The first-order chi connectivity index (χ1) is 15.6. The molecule has 0 aromatic carbocycles. The number of hydrogen-bond acceptors (Lipinski definition) is 4. The fraction of sp³-hybridized carbons (Fsp3) is 0.550. The summed E-state index contributed by atoms with van der Waals surface area (Å²) in [4.78, 5) is 16.8. The minimum atomic E-state index is -4.99. The van der Waals surface area contributed by atoms with Gasteiger partial charge in [0.2, 0.25) is 5.78 Å². The van der Waals surface area contributed by atoms with Crippen LogP contribution in [0, 0.1) is 6.92 Å². The molecular formula is C20H25F6N5O2Si. The maximum atomic E-state index is 13.9. The van der Waals surface area contributed by atoms with Crippen LogP contribution in [0.15, 0.2) is 23.4 Å². The predicted molar refractivity (Wildman–Crippen MR) is 115 cm³/mol. The zero-order valence-electron chi connectivity index (χ0n) is 19.1. The number of aryl methyl sites for hydroxylation is 2. The molecule has 3 aromatic rings. The van der Waals surface area contributed by atoms with E-state index in [4.69, 9.17) is 4.74 Å². The monoisotopic (exact) mass is 509 g/mol. The van der Waals surface area contributed by atoms with Gasteiger partial charge >= 0.3 is 12.4 Å². The minimum absolute atomic E-state index is 0.0781. The zero-order valence-corrected chi connectivity index (χ0v) is 20.1. The highest BCUT2D eigenvalue weighted by molar-refractivity contribution is 6.76. The second-order valence-electron chi connectivity index (χ2n) is 9.21. The number of fused-ring (bicyclic) bond motifs is 1. The molecule has 0 saturated heterocycles. The Hall–Kier alpha value is -2.61. The van der Waals surface area contributed by atoms with Gasteiger partial charge in [-0.15, -0.1) is 0 Å². The van der Waals surface area contributed by atoms with Crippen molar-refractivity contribution < 1.29 is 31.1 Å². The third-order valence-electron chi connectivity index (χ3n) is 5.11. The molecule has 34 heavy (non-hydrogen) atoms. The first-order valence-electron chi connectivity index (χ1n) is 10.4. The number of aromatic nitrogens is 5. The van der Waals surface area contributed by atoms with Gasteiger partial charge in [-0.3, -0.25) is 18.4 Å². The van der Waals surface area contributed by atoms with Crippen molar-refractivity contribution in [1.82, 2.24) is 23.7 Å². The summed E-state index contributed by atoms with van der Waals surface area (Å²) in [6.07, 6.45) is -7.39. The van der Waals surface area contributed by atoms with Gasteiger partial charge in [-0.05, 0) is 13.0 Å². The third kappa shape index (κ3) is 6.08. The van der Waals surface area contributed by atoms with Crippen molar-refractivity contribution in [1.29, 1.82) is 0 Å². The van der Waals surface area contributed by atoms with Crippen molar-refractivity contribution in [2.24, 2.45) is 0 Å². The molecular weight excluding hydrogens is 484 g/mol. The van der Waals surface area contributed by atoms with Crippen LogP contribution >= 0.6 is 0 Å². The van der Waals surface area contributed by atoms with Gasteiger partial charge in [0.15, 0.2) is 5.69 Å². The number of halogens is 6. The summed E-state index contributed by atoms with van der Waals surface area (Å²) in [6.45, 7) is 7.85. The Morgan fingerprint density at radius 2 is 1.76 bits per heavy atom. The number of imidazole rings is 1. The topological polar surface area (TPSA) is 66.4 Å². The van der Waals surface area contributed by atoms with E-state index in [9.17, 15) is 31.1 Å². The van der Waals surface area contributed by atoms with Gasteiger partial charge in [0.1, 0.15) is 6.73 Å². The molecule has 0 amide bonds. The molecule has 0 radical (unpaired) electrons. The second kappa shape index (κ2) is 9.21. The Morgan fingerprint density at radius 1 is 1.09 bits per heavy atom. The van der Waals surface area contributed by atoms with E-state index in [1.165, 1.54) is 10.8 Å². The molecule has 7 nitrogen and oxygen atoms in total. The Balaban J connectivity index is 2.03. The van der Waals surface area contributed by atoms with Gasteiger partial charge in [-0.25, -0.2) is 4.98 Å². The van der Waals surface area contributed by atoms with Gasteiger partial charge in [-0.1, -0.05) is 19.6 Å². The summed E-state index contributed by atoms with van der Waals surface area (Å²) in [7, 11) is -1.37. The fourth-order valence-electron chi connectivity index (χ4n) is 3.26. The van der Waals surface area contributed by atoms with E-state index in [2.05, 4.69) is 29.7 Å². The molecule has 0 aliphatic rings. The van der Waals surface area contributed by atoms with E-state index in [0.29, 0.717) is 12.3 Å². The third-order valence-corrected chi connectivity index (χ3v) is 6.82. The molecule has 0 bridgehead atoms. The molecule has 0 saturated carbocycles. The van der Waals surface area contributed by atoms with Crippen LogP contribution < -0.4 is 5.56 Å². The van der Waals surface area contributed by atoms with Crippen molar-refractivity contribution in [3.63, 3.8) is 0 Å². The largest absolute Gasteiger partial charge is 0.434 e. The summed E-state index contributed by atoms with van der Waals surface area (Å²) in [5.74, 6) is -0.240. The van der Waals surface area contributed by atoms with Gasteiger partial charge < -0.3 is 4.74 Å². The van der Waals surface area contributed by atoms with E-state index >= 15 is 0 Å². The maximum Gasteiger partial charge on any atom is 0.434 e. The average molecular weight is 510 g/mol. The minimum Gasteiger partial charge on any atom is -0.361 e. The molecule has 0 spiro atoms. The molecule has 0 aliphatic carbocycles. The van der Waals surface area contributed by atoms with Gasteiger partial charge in [0.05, 0.1) is 18.2 Å². The van der Waals surface area contributed by atoms with Crippen LogP contribution in [0.25, 0.3) is 16.9 Å². The molecule has 0 aliphatic heterocycles. The number of alkyl halides is 6. The van der Waals surface area contributed by atoms with Crippen LogP contribution in [-0.2, 0) is 24.2 Å². The van der Waals surface area contributed by atoms with Crippen molar-refractivity contribution in [3.05, 3.63) is 40.3 Å². The number of rotatable bonds is 8. The lowest BCUT2D eigenvalue weighted by Crippen LogP contribution is -2.24. The summed E-state index contributed by atoms with van der Waals surface area (Å²) in [6, 6.07) is 0.856. The predicted octanol–water partition coefficient (Wildman–Crippen LogP) is 4.95. The van der Waals surface area contributed by atoms with E-state index < -0.39 is 50.2 Å². The van der Waals surface area contributed by atoms with Crippen LogP contribution in [-0.4, -0.2) is 44.6 Å². The first kappa shape index (κ1) is 26.0. The zero-order chi connectivity index (χ0) is 25.5. The molecule has 3 rings (SSSR count). The van der Waals surface area contributed by atoms with Crippen molar-refractivity contribution in [3.8, 4) is 11.1 Å². The maximum absolute atomic E-state index is 13.9. The molecule has 188 valence electrons. The average Bonchev–Trinajstić information content (AvgIpc) is 3.26. The fourth-order valence-corrected chi connectivity index (χ4v) is 4.02. The van der Waals surface area contributed by atoms with Crippen LogP contribution in [0.2, 0.25) is 25.7 Å².